The van der Waals surface area contributed by atoms with E-state index < -0.39 is 0 Å². The van der Waals surface area contributed by atoms with Crippen LogP contribution in [-0.2, 0) is 11.2 Å². The molecule has 2 heterocycles. The molecule has 0 radical (unpaired) electrons. The van der Waals surface area contributed by atoms with Crippen LogP contribution in [0, 0.1) is 0 Å². The number of amides is 3. The number of carbonyl (C=O) groups is 2. The summed E-state index contributed by atoms with van der Waals surface area (Å²) >= 11 is 0. The molecule has 1 atom stereocenters. The number of urea groups is 1. The number of nitrogens with one attached hydrogen (secondary N) is 1. The second-order valence-corrected chi connectivity index (χ2v) is 5.73. The number of rotatable bonds is 2. The molecule has 2 aliphatic heterocycles. The van der Waals surface area contributed by atoms with Crippen LogP contribution in [0.1, 0.15) is 12.5 Å². The van der Waals surface area contributed by atoms with Gasteiger partial charge in [0.25, 0.3) is 0 Å². The van der Waals surface area contributed by atoms with Crippen molar-refractivity contribution >= 4 is 11.9 Å². The van der Waals surface area contributed by atoms with Gasteiger partial charge in [0.05, 0.1) is 6.54 Å². The van der Waals surface area contributed by atoms with Gasteiger partial charge in [-0.15, -0.1) is 0 Å². The van der Waals surface area contributed by atoms with Gasteiger partial charge in [0.1, 0.15) is 11.9 Å². The summed E-state index contributed by atoms with van der Waals surface area (Å²) in [7, 11) is 0. The first-order valence-electron chi connectivity index (χ1n) is 7.66. The zero-order valence-corrected chi connectivity index (χ0v) is 12.7. The number of fused-ring (bicyclic) bond motifs is 1. The van der Waals surface area contributed by atoms with Crippen LogP contribution in [-0.4, -0.2) is 60.6 Å². The van der Waals surface area contributed by atoms with E-state index in [1.807, 2.05) is 18.2 Å². The van der Waals surface area contributed by atoms with Crippen molar-refractivity contribution in [3.8, 4) is 5.75 Å². The van der Waals surface area contributed by atoms with Crippen molar-refractivity contribution in [2.45, 2.75) is 19.4 Å². The molecule has 3 amide bonds. The number of ether oxygens (including phenoxy) is 1. The molecule has 1 aromatic carbocycles. The van der Waals surface area contributed by atoms with Crippen LogP contribution >= 0.6 is 0 Å². The monoisotopic (exact) mass is 303 g/mol. The van der Waals surface area contributed by atoms with E-state index in [1.54, 1.807) is 16.7 Å². The largest absolute Gasteiger partial charge is 0.488 e. The van der Waals surface area contributed by atoms with E-state index in [1.165, 1.54) is 5.56 Å². The van der Waals surface area contributed by atoms with Gasteiger partial charge >= 0.3 is 6.03 Å². The number of nitrogens with zero attached hydrogens (tertiary/aromatic N) is 2. The lowest BCUT2D eigenvalue weighted by atomic mass is 10.1. The minimum absolute atomic E-state index is 0.000131. The quantitative estimate of drug-likeness (QED) is 0.881. The number of carbonyl (C=O) groups excluding carboxylic acids is 2. The maximum Gasteiger partial charge on any atom is 0.317 e. The molecule has 6 nitrogen and oxygen atoms in total. The molecule has 1 N–H and O–H groups in total. The van der Waals surface area contributed by atoms with Gasteiger partial charge in [-0.2, -0.15) is 0 Å². The molecule has 1 aromatic rings. The summed E-state index contributed by atoms with van der Waals surface area (Å²) in [6.07, 6.45) is 0.828. The Morgan fingerprint density at radius 1 is 1.18 bits per heavy atom. The molecule has 0 saturated carbocycles. The number of hydrogen-bond donors (Lipinski definition) is 1. The Hall–Kier alpha value is -2.24. The molecule has 0 aromatic heterocycles. The lowest BCUT2D eigenvalue weighted by Gasteiger charge is -2.34. The summed E-state index contributed by atoms with van der Waals surface area (Å²) in [6.45, 7) is 4.43. The number of piperazine rings is 1. The summed E-state index contributed by atoms with van der Waals surface area (Å²) in [5, 5.41) is 2.93. The minimum Gasteiger partial charge on any atom is -0.488 e. The maximum atomic E-state index is 12.2. The number of para-hydroxylation sites is 1. The highest BCUT2D eigenvalue weighted by atomic mass is 16.5. The second kappa shape index (κ2) is 6.25. The van der Waals surface area contributed by atoms with Crippen LogP contribution in [0.2, 0.25) is 0 Å². The lowest BCUT2D eigenvalue weighted by Crippen LogP contribution is -2.53. The van der Waals surface area contributed by atoms with Crippen LogP contribution in [0.5, 0.6) is 5.75 Å². The fourth-order valence-corrected chi connectivity index (χ4v) is 2.91. The smallest absolute Gasteiger partial charge is 0.317 e. The molecule has 2 aliphatic rings. The molecule has 118 valence electrons. The average Bonchev–Trinajstić information content (AvgIpc) is 2.95. The maximum absolute atomic E-state index is 12.2. The normalized spacial score (nSPS) is 20.3. The Kier molecular flexibility index (Phi) is 4.18. The highest BCUT2D eigenvalue weighted by Gasteiger charge is 2.25. The summed E-state index contributed by atoms with van der Waals surface area (Å²) in [4.78, 5) is 26.9. The topological polar surface area (TPSA) is 61.9 Å². The minimum atomic E-state index is -0.0808. The Balaban J connectivity index is 1.43. The van der Waals surface area contributed by atoms with Crippen molar-refractivity contribution < 1.29 is 14.3 Å². The lowest BCUT2D eigenvalue weighted by molar-refractivity contribution is -0.130. The van der Waals surface area contributed by atoms with Gasteiger partial charge in [-0.3, -0.25) is 4.79 Å². The molecule has 0 bridgehead atoms. The summed E-state index contributed by atoms with van der Waals surface area (Å²) < 4.78 is 5.81. The van der Waals surface area contributed by atoms with Crippen molar-refractivity contribution in [1.29, 1.82) is 0 Å². The van der Waals surface area contributed by atoms with Gasteiger partial charge < -0.3 is 19.9 Å². The van der Waals surface area contributed by atoms with E-state index in [9.17, 15) is 9.59 Å². The molecule has 0 spiro atoms. The van der Waals surface area contributed by atoms with Crippen LogP contribution in [0.3, 0.4) is 0 Å². The highest BCUT2D eigenvalue weighted by Crippen LogP contribution is 2.27. The molecule has 6 heteroatoms. The first kappa shape index (κ1) is 14.7. The van der Waals surface area contributed by atoms with E-state index >= 15 is 0 Å². The standard InChI is InChI=1S/C16H21N3O3/c1-12(20)18-6-8-19(9-7-18)16(21)17-11-14-10-13-4-2-3-5-15(13)22-14/h2-5,14H,6-11H2,1H3,(H,17,21)/t14-/m0/s1. The van der Waals surface area contributed by atoms with E-state index in [-0.39, 0.29) is 18.0 Å². The third-order valence-corrected chi connectivity index (χ3v) is 4.21. The summed E-state index contributed by atoms with van der Waals surface area (Å²) in [6, 6.07) is 7.88. The first-order chi connectivity index (χ1) is 10.6. The van der Waals surface area contributed by atoms with Gasteiger partial charge in [-0.1, -0.05) is 18.2 Å². The zero-order chi connectivity index (χ0) is 15.5. The van der Waals surface area contributed by atoms with Crippen molar-refractivity contribution in [2.75, 3.05) is 32.7 Å². The average molecular weight is 303 g/mol. The van der Waals surface area contributed by atoms with Gasteiger partial charge in [0.15, 0.2) is 0 Å². The zero-order valence-electron chi connectivity index (χ0n) is 12.7. The predicted molar refractivity (Wildman–Crippen MR) is 81.8 cm³/mol. The molecule has 1 saturated heterocycles. The molecule has 1 fully saturated rings. The Bertz CT molecular complexity index is 543. The fourth-order valence-electron chi connectivity index (χ4n) is 2.91. The summed E-state index contributed by atoms with van der Waals surface area (Å²) in [5.74, 6) is 0.981. The molecule has 0 aliphatic carbocycles. The van der Waals surface area contributed by atoms with Crippen LogP contribution in [0.15, 0.2) is 24.3 Å². The number of benzene rings is 1. The SMILES string of the molecule is CC(=O)N1CCN(C(=O)NC[C@@H]2Cc3ccccc3O2)CC1. The Morgan fingerprint density at radius 2 is 1.86 bits per heavy atom. The third kappa shape index (κ3) is 3.16. The molecular weight excluding hydrogens is 282 g/mol. The number of hydrogen-bond acceptors (Lipinski definition) is 3. The first-order valence-corrected chi connectivity index (χ1v) is 7.66. The van der Waals surface area contributed by atoms with E-state index in [4.69, 9.17) is 4.74 Å². The van der Waals surface area contributed by atoms with E-state index in [0.717, 1.165) is 12.2 Å². The van der Waals surface area contributed by atoms with Crippen molar-refractivity contribution in [1.82, 2.24) is 15.1 Å². The van der Waals surface area contributed by atoms with Crippen LogP contribution < -0.4 is 10.1 Å². The van der Waals surface area contributed by atoms with Crippen molar-refractivity contribution in [2.24, 2.45) is 0 Å². The van der Waals surface area contributed by atoms with Crippen molar-refractivity contribution in [3.05, 3.63) is 29.8 Å². The van der Waals surface area contributed by atoms with Gasteiger partial charge in [-0.25, -0.2) is 4.79 Å². The third-order valence-electron chi connectivity index (χ3n) is 4.21. The van der Waals surface area contributed by atoms with Gasteiger partial charge in [-0.05, 0) is 11.6 Å². The van der Waals surface area contributed by atoms with Crippen molar-refractivity contribution in [3.63, 3.8) is 0 Å². The second-order valence-electron chi connectivity index (χ2n) is 5.73. The van der Waals surface area contributed by atoms with E-state index in [0.29, 0.717) is 32.7 Å². The molecular formula is C16H21N3O3. The van der Waals surface area contributed by atoms with Crippen LogP contribution in [0.25, 0.3) is 0 Å². The summed E-state index contributed by atoms with van der Waals surface area (Å²) in [5.41, 5.74) is 1.19. The van der Waals surface area contributed by atoms with Crippen LogP contribution in [0.4, 0.5) is 4.79 Å². The Labute approximate surface area is 130 Å². The van der Waals surface area contributed by atoms with E-state index in [2.05, 4.69) is 11.4 Å². The fraction of sp³-hybridized carbons (Fsp3) is 0.500. The molecule has 22 heavy (non-hydrogen) atoms. The van der Waals surface area contributed by atoms with Gasteiger partial charge in [0, 0.05) is 39.5 Å². The van der Waals surface area contributed by atoms with Gasteiger partial charge in [0.2, 0.25) is 5.91 Å². The molecule has 0 unspecified atom stereocenters. The molecule has 3 rings (SSSR count). The highest BCUT2D eigenvalue weighted by molar-refractivity contribution is 5.76. The Morgan fingerprint density at radius 3 is 2.55 bits per heavy atom. The predicted octanol–water partition coefficient (Wildman–Crippen LogP) is 0.864.